The average Bonchev–Trinajstić information content (AvgIpc) is 3.23. The van der Waals surface area contributed by atoms with Crippen LogP contribution in [-0.4, -0.2) is 66.5 Å². The maximum Gasteiger partial charge on any atom is 0.322 e. The second-order valence-electron chi connectivity index (χ2n) is 10.2. The lowest BCUT2D eigenvalue weighted by Gasteiger charge is -2.32. The third-order valence-corrected chi connectivity index (χ3v) is 6.67. The molecule has 1 fully saturated rings. The van der Waals surface area contributed by atoms with Gasteiger partial charge >= 0.3 is 6.03 Å². The molecular formula is C27H34N4O5. The second kappa shape index (κ2) is 10.1. The van der Waals surface area contributed by atoms with Gasteiger partial charge in [-0.05, 0) is 74.7 Å². The number of hydrogen-bond donors (Lipinski definition) is 2. The van der Waals surface area contributed by atoms with Crippen LogP contribution < -0.4 is 20.1 Å². The Kier molecular flexibility index (Phi) is 7.10. The van der Waals surface area contributed by atoms with E-state index in [1.807, 2.05) is 32.9 Å². The molecule has 0 aliphatic carbocycles. The van der Waals surface area contributed by atoms with Gasteiger partial charge in [-0.25, -0.2) is 4.79 Å². The van der Waals surface area contributed by atoms with Crippen molar-refractivity contribution in [2.45, 2.75) is 51.7 Å². The molecule has 36 heavy (non-hydrogen) atoms. The van der Waals surface area contributed by atoms with E-state index in [1.165, 1.54) is 0 Å². The summed E-state index contributed by atoms with van der Waals surface area (Å²) in [5.74, 6) is 1.13. The van der Waals surface area contributed by atoms with Gasteiger partial charge in [-0.2, -0.15) is 0 Å². The molecule has 4 amide bonds. The van der Waals surface area contributed by atoms with Crippen LogP contribution in [-0.2, 0) is 17.8 Å². The summed E-state index contributed by atoms with van der Waals surface area (Å²) >= 11 is 0. The summed E-state index contributed by atoms with van der Waals surface area (Å²) in [5.41, 5.74) is 2.97. The van der Waals surface area contributed by atoms with Gasteiger partial charge in [0.05, 0.1) is 20.3 Å². The Morgan fingerprint density at radius 3 is 2.22 bits per heavy atom. The van der Waals surface area contributed by atoms with Crippen LogP contribution in [0.4, 0.5) is 10.5 Å². The molecule has 2 aliphatic rings. The van der Waals surface area contributed by atoms with Gasteiger partial charge in [0, 0.05) is 42.8 Å². The van der Waals surface area contributed by atoms with Gasteiger partial charge < -0.3 is 29.9 Å². The molecule has 192 valence electrons. The number of hydrogen-bond acceptors (Lipinski definition) is 5. The SMILES string of the molecule is COc1cc2c(cc1OC)CN(C(=O)Nc1ccc(C(=O)NC3CC(=O)N(C(C)(C)C)C3)cc1)CC2. The summed E-state index contributed by atoms with van der Waals surface area (Å²) in [7, 11) is 3.20. The lowest BCUT2D eigenvalue weighted by Crippen LogP contribution is -2.44. The molecule has 1 unspecified atom stereocenters. The van der Waals surface area contributed by atoms with Crippen molar-refractivity contribution in [2.75, 3.05) is 32.6 Å². The van der Waals surface area contributed by atoms with Crippen LogP contribution in [0.2, 0.25) is 0 Å². The number of rotatable bonds is 5. The van der Waals surface area contributed by atoms with Gasteiger partial charge in [0.25, 0.3) is 5.91 Å². The first-order valence-electron chi connectivity index (χ1n) is 12.1. The standard InChI is InChI=1S/C27H34N4O5/c1-27(2,3)31-16-21(14-24(31)32)28-25(33)17-6-8-20(9-7-17)29-26(34)30-11-10-18-12-22(35-4)23(36-5)13-19(18)15-30/h6-9,12-13,21H,10-11,14-16H2,1-5H3,(H,28,33)(H,29,34). The Hall–Kier alpha value is -3.75. The Morgan fingerprint density at radius 2 is 1.64 bits per heavy atom. The number of fused-ring (bicyclic) bond motifs is 1. The van der Waals surface area contributed by atoms with Crippen LogP contribution in [0, 0.1) is 0 Å². The second-order valence-corrected chi connectivity index (χ2v) is 10.2. The minimum atomic E-state index is -0.272. The van der Waals surface area contributed by atoms with Gasteiger partial charge in [0.1, 0.15) is 0 Å². The van der Waals surface area contributed by atoms with E-state index in [9.17, 15) is 14.4 Å². The molecule has 4 rings (SSSR count). The lowest BCUT2D eigenvalue weighted by atomic mass is 9.99. The first kappa shape index (κ1) is 25.3. The molecule has 9 nitrogen and oxygen atoms in total. The third-order valence-electron chi connectivity index (χ3n) is 6.67. The Morgan fingerprint density at radius 1 is 1.00 bits per heavy atom. The third kappa shape index (κ3) is 5.40. The number of amides is 4. The molecule has 0 radical (unpaired) electrons. The van der Waals surface area contributed by atoms with Crippen molar-refractivity contribution in [3.05, 3.63) is 53.1 Å². The van der Waals surface area contributed by atoms with E-state index in [1.54, 1.807) is 48.3 Å². The molecule has 2 aliphatic heterocycles. The van der Waals surface area contributed by atoms with Crippen molar-refractivity contribution in [2.24, 2.45) is 0 Å². The number of benzene rings is 2. The summed E-state index contributed by atoms with van der Waals surface area (Å²) in [6, 6.07) is 10.2. The maximum absolute atomic E-state index is 12.9. The van der Waals surface area contributed by atoms with E-state index in [-0.39, 0.29) is 29.4 Å². The summed E-state index contributed by atoms with van der Waals surface area (Å²) in [4.78, 5) is 41.4. The van der Waals surface area contributed by atoms with Crippen molar-refractivity contribution in [1.29, 1.82) is 0 Å². The van der Waals surface area contributed by atoms with Gasteiger partial charge in [-0.1, -0.05) is 0 Å². The summed E-state index contributed by atoms with van der Waals surface area (Å²) < 4.78 is 10.8. The zero-order valence-corrected chi connectivity index (χ0v) is 21.5. The van der Waals surface area contributed by atoms with Crippen LogP contribution >= 0.6 is 0 Å². The highest BCUT2D eigenvalue weighted by molar-refractivity contribution is 5.96. The van der Waals surface area contributed by atoms with E-state index in [4.69, 9.17) is 9.47 Å². The molecule has 0 saturated carbocycles. The molecule has 1 saturated heterocycles. The fourth-order valence-electron chi connectivity index (χ4n) is 4.69. The highest BCUT2D eigenvalue weighted by Crippen LogP contribution is 2.33. The van der Waals surface area contributed by atoms with Gasteiger partial charge in [0.2, 0.25) is 5.91 Å². The number of nitrogens with one attached hydrogen (secondary N) is 2. The number of carbonyl (C=O) groups excluding carboxylic acids is 3. The summed E-state index contributed by atoms with van der Waals surface area (Å²) in [6.45, 7) is 7.50. The molecule has 1 atom stereocenters. The summed E-state index contributed by atoms with van der Waals surface area (Å²) in [5, 5.41) is 5.86. The number of likely N-dealkylation sites (tertiary alicyclic amines) is 1. The zero-order valence-electron chi connectivity index (χ0n) is 21.5. The molecular weight excluding hydrogens is 460 g/mol. The smallest absolute Gasteiger partial charge is 0.322 e. The number of carbonyl (C=O) groups is 3. The molecule has 0 aromatic heterocycles. The maximum atomic E-state index is 12.9. The van der Waals surface area contributed by atoms with Gasteiger partial charge in [0.15, 0.2) is 11.5 Å². The van der Waals surface area contributed by atoms with Crippen LogP contribution in [0.5, 0.6) is 11.5 Å². The van der Waals surface area contributed by atoms with Crippen LogP contribution in [0.3, 0.4) is 0 Å². The van der Waals surface area contributed by atoms with Crippen LogP contribution in [0.25, 0.3) is 0 Å². The summed E-state index contributed by atoms with van der Waals surface area (Å²) in [6.07, 6.45) is 1.02. The van der Waals surface area contributed by atoms with Gasteiger partial charge in [-0.15, -0.1) is 0 Å². The van der Waals surface area contributed by atoms with Crippen LogP contribution in [0.1, 0.15) is 48.7 Å². The topological polar surface area (TPSA) is 100 Å². The van der Waals surface area contributed by atoms with Crippen LogP contribution in [0.15, 0.2) is 36.4 Å². The fraction of sp³-hybridized carbons (Fsp3) is 0.444. The number of methoxy groups -OCH3 is 2. The quantitative estimate of drug-likeness (QED) is 0.664. The number of nitrogens with zero attached hydrogens (tertiary/aromatic N) is 2. The molecule has 2 aromatic carbocycles. The van der Waals surface area contributed by atoms with Crippen molar-refractivity contribution >= 4 is 23.5 Å². The zero-order chi connectivity index (χ0) is 26.0. The first-order valence-corrected chi connectivity index (χ1v) is 12.1. The highest BCUT2D eigenvalue weighted by Gasteiger charge is 2.36. The number of anilines is 1. The Labute approximate surface area is 211 Å². The highest BCUT2D eigenvalue weighted by atomic mass is 16.5. The monoisotopic (exact) mass is 494 g/mol. The van der Waals surface area contributed by atoms with Crippen molar-refractivity contribution in [1.82, 2.24) is 15.1 Å². The largest absolute Gasteiger partial charge is 0.493 e. The lowest BCUT2D eigenvalue weighted by molar-refractivity contribution is -0.131. The average molecular weight is 495 g/mol. The van der Waals surface area contributed by atoms with Gasteiger partial charge in [-0.3, -0.25) is 9.59 Å². The minimum absolute atomic E-state index is 0.0452. The Bertz CT molecular complexity index is 1160. The van der Waals surface area contributed by atoms with E-state index < -0.39 is 0 Å². The normalized spacial score (nSPS) is 17.5. The first-order chi connectivity index (χ1) is 17.1. The predicted octanol–water partition coefficient (Wildman–Crippen LogP) is 3.42. The van der Waals surface area contributed by atoms with E-state index in [2.05, 4.69) is 10.6 Å². The molecule has 9 heteroatoms. The molecule has 2 heterocycles. The van der Waals surface area contributed by atoms with Crippen molar-refractivity contribution < 1.29 is 23.9 Å². The van der Waals surface area contributed by atoms with Crippen molar-refractivity contribution in [3.63, 3.8) is 0 Å². The minimum Gasteiger partial charge on any atom is -0.493 e. The fourth-order valence-corrected chi connectivity index (χ4v) is 4.69. The molecule has 2 N–H and O–H groups in total. The Balaban J connectivity index is 1.34. The van der Waals surface area contributed by atoms with E-state index in [0.29, 0.717) is 48.8 Å². The van der Waals surface area contributed by atoms with Crippen molar-refractivity contribution in [3.8, 4) is 11.5 Å². The molecule has 2 aromatic rings. The van der Waals surface area contributed by atoms with E-state index >= 15 is 0 Å². The molecule has 0 spiro atoms. The van der Waals surface area contributed by atoms with E-state index in [0.717, 1.165) is 17.5 Å². The predicted molar refractivity (Wildman–Crippen MR) is 136 cm³/mol. The number of urea groups is 1. The molecule has 0 bridgehead atoms. The number of ether oxygens (including phenoxy) is 2.